The van der Waals surface area contributed by atoms with Gasteiger partial charge in [0.25, 0.3) is 0 Å². The van der Waals surface area contributed by atoms with E-state index in [2.05, 4.69) is 6.58 Å². The van der Waals surface area contributed by atoms with Crippen molar-refractivity contribution in [3.05, 3.63) is 52.9 Å². The molecule has 1 N–H and O–H groups in total. The summed E-state index contributed by atoms with van der Waals surface area (Å²) in [4.78, 5) is 21.9. The molecule has 116 valence electrons. The SMILES string of the molecule is C=C(COC(C)=O)C(O)COc1ccc2ccc(=O)oc2c1. The predicted octanol–water partition coefficient (Wildman–Crippen LogP) is 1.65. The second-order valence-corrected chi connectivity index (χ2v) is 4.72. The van der Waals surface area contributed by atoms with E-state index in [1.807, 2.05) is 0 Å². The summed E-state index contributed by atoms with van der Waals surface area (Å²) in [7, 11) is 0. The molecule has 2 rings (SSSR count). The molecule has 1 aromatic heterocycles. The Morgan fingerprint density at radius 2 is 2.09 bits per heavy atom. The van der Waals surface area contributed by atoms with Crippen LogP contribution in [0.1, 0.15) is 6.92 Å². The van der Waals surface area contributed by atoms with Crippen LogP contribution in [-0.2, 0) is 9.53 Å². The predicted molar refractivity (Wildman–Crippen MR) is 79.8 cm³/mol. The van der Waals surface area contributed by atoms with Crippen molar-refractivity contribution in [3.8, 4) is 5.75 Å². The number of benzene rings is 1. The largest absolute Gasteiger partial charge is 0.490 e. The standard InChI is InChI=1S/C16H16O6/c1-10(8-20-11(2)17)14(18)9-21-13-5-3-12-4-6-16(19)22-15(12)7-13/h3-7,14,18H,1,8-9H2,2H3. The zero-order valence-electron chi connectivity index (χ0n) is 12.1. The van der Waals surface area contributed by atoms with Gasteiger partial charge < -0.3 is 19.0 Å². The van der Waals surface area contributed by atoms with E-state index < -0.39 is 17.7 Å². The van der Waals surface area contributed by atoms with E-state index in [9.17, 15) is 14.7 Å². The molecule has 0 amide bonds. The molecular weight excluding hydrogens is 288 g/mol. The van der Waals surface area contributed by atoms with Crippen molar-refractivity contribution in [1.29, 1.82) is 0 Å². The second-order valence-electron chi connectivity index (χ2n) is 4.72. The number of carbonyl (C=O) groups excluding carboxylic acids is 1. The third-order valence-corrected chi connectivity index (χ3v) is 2.93. The molecule has 0 bridgehead atoms. The molecule has 1 unspecified atom stereocenters. The Morgan fingerprint density at radius 3 is 2.82 bits per heavy atom. The summed E-state index contributed by atoms with van der Waals surface area (Å²) in [6.45, 7) is 4.79. The third kappa shape index (κ3) is 4.20. The van der Waals surface area contributed by atoms with Crippen LogP contribution in [0.25, 0.3) is 11.0 Å². The van der Waals surface area contributed by atoms with Crippen LogP contribution in [0.15, 0.2) is 51.7 Å². The number of aliphatic hydroxyl groups is 1. The molecule has 1 aromatic carbocycles. The van der Waals surface area contributed by atoms with Gasteiger partial charge in [-0.15, -0.1) is 0 Å². The lowest BCUT2D eigenvalue weighted by Crippen LogP contribution is -2.22. The van der Waals surface area contributed by atoms with E-state index in [1.165, 1.54) is 13.0 Å². The Morgan fingerprint density at radius 1 is 1.36 bits per heavy atom. The van der Waals surface area contributed by atoms with Crippen molar-refractivity contribution in [3.63, 3.8) is 0 Å². The van der Waals surface area contributed by atoms with Gasteiger partial charge in [0.15, 0.2) is 0 Å². The van der Waals surface area contributed by atoms with Gasteiger partial charge in [0.2, 0.25) is 0 Å². The number of esters is 1. The molecule has 0 radical (unpaired) electrons. The van der Waals surface area contributed by atoms with Crippen LogP contribution >= 0.6 is 0 Å². The molecule has 0 saturated carbocycles. The Labute approximate surface area is 126 Å². The molecule has 6 nitrogen and oxygen atoms in total. The Hall–Kier alpha value is -2.60. The maximum absolute atomic E-state index is 11.2. The first-order chi connectivity index (χ1) is 10.5. The van der Waals surface area contributed by atoms with E-state index in [1.54, 1.807) is 24.3 Å². The first-order valence-electron chi connectivity index (χ1n) is 6.61. The van der Waals surface area contributed by atoms with E-state index in [-0.39, 0.29) is 13.2 Å². The van der Waals surface area contributed by atoms with Gasteiger partial charge in [0, 0.05) is 24.4 Å². The van der Waals surface area contributed by atoms with Crippen LogP contribution in [0.4, 0.5) is 0 Å². The first-order valence-corrected chi connectivity index (χ1v) is 6.61. The molecule has 22 heavy (non-hydrogen) atoms. The van der Waals surface area contributed by atoms with Crippen molar-refractivity contribution in [2.45, 2.75) is 13.0 Å². The summed E-state index contributed by atoms with van der Waals surface area (Å²) in [5.41, 5.74) is 0.292. The molecule has 1 atom stereocenters. The Balaban J connectivity index is 1.97. The number of hydrogen-bond donors (Lipinski definition) is 1. The second kappa shape index (κ2) is 6.91. The van der Waals surface area contributed by atoms with Gasteiger partial charge in [-0.1, -0.05) is 6.58 Å². The number of hydrogen-bond acceptors (Lipinski definition) is 6. The van der Waals surface area contributed by atoms with Crippen LogP contribution in [0.2, 0.25) is 0 Å². The lowest BCUT2D eigenvalue weighted by Gasteiger charge is -2.14. The normalized spacial score (nSPS) is 11.9. The Kier molecular flexibility index (Phi) is 4.95. The highest BCUT2D eigenvalue weighted by molar-refractivity contribution is 5.77. The number of aliphatic hydroxyl groups excluding tert-OH is 1. The third-order valence-electron chi connectivity index (χ3n) is 2.93. The van der Waals surface area contributed by atoms with Gasteiger partial charge in [0.1, 0.15) is 30.7 Å². The number of carbonyl (C=O) groups is 1. The molecule has 6 heteroatoms. The van der Waals surface area contributed by atoms with E-state index in [0.717, 1.165) is 5.39 Å². The summed E-state index contributed by atoms with van der Waals surface area (Å²) in [6.07, 6.45) is -0.974. The molecule has 1 heterocycles. The molecule has 0 aliphatic rings. The van der Waals surface area contributed by atoms with Crippen LogP contribution in [-0.4, -0.2) is 30.4 Å². The van der Waals surface area contributed by atoms with Crippen molar-refractivity contribution in [2.75, 3.05) is 13.2 Å². The molecular formula is C16H16O6. The van der Waals surface area contributed by atoms with Gasteiger partial charge in [0.05, 0.1) is 0 Å². The van der Waals surface area contributed by atoms with E-state index in [4.69, 9.17) is 13.9 Å². The van der Waals surface area contributed by atoms with E-state index in [0.29, 0.717) is 16.9 Å². The highest BCUT2D eigenvalue weighted by Crippen LogP contribution is 2.19. The first kappa shape index (κ1) is 15.8. The van der Waals surface area contributed by atoms with Gasteiger partial charge in [-0.05, 0) is 23.8 Å². The Bertz CT molecular complexity index is 746. The minimum Gasteiger partial charge on any atom is -0.490 e. The molecule has 0 aliphatic carbocycles. The average Bonchev–Trinajstić information content (AvgIpc) is 2.49. The summed E-state index contributed by atoms with van der Waals surface area (Å²) < 4.78 is 15.2. The summed E-state index contributed by atoms with van der Waals surface area (Å²) in [6, 6.07) is 8.00. The highest BCUT2D eigenvalue weighted by atomic mass is 16.5. The van der Waals surface area contributed by atoms with Gasteiger partial charge in [-0.25, -0.2) is 4.79 Å². The molecule has 0 saturated heterocycles. The molecule has 0 fully saturated rings. The van der Waals surface area contributed by atoms with Crippen LogP contribution in [0, 0.1) is 0 Å². The molecule has 2 aromatic rings. The summed E-state index contributed by atoms with van der Waals surface area (Å²) in [5, 5.41) is 10.6. The number of ether oxygens (including phenoxy) is 2. The lowest BCUT2D eigenvalue weighted by molar-refractivity contribution is -0.140. The number of fused-ring (bicyclic) bond motifs is 1. The maximum atomic E-state index is 11.2. The molecule has 0 aliphatic heterocycles. The fourth-order valence-corrected chi connectivity index (χ4v) is 1.71. The zero-order chi connectivity index (χ0) is 16.1. The topological polar surface area (TPSA) is 86.0 Å². The summed E-state index contributed by atoms with van der Waals surface area (Å²) >= 11 is 0. The summed E-state index contributed by atoms with van der Waals surface area (Å²) in [5.74, 6) is 0.0000116. The quantitative estimate of drug-likeness (QED) is 0.496. The minimum absolute atomic E-state index is 0.0529. The van der Waals surface area contributed by atoms with Crippen LogP contribution < -0.4 is 10.4 Å². The van der Waals surface area contributed by atoms with Crippen LogP contribution in [0.3, 0.4) is 0 Å². The highest BCUT2D eigenvalue weighted by Gasteiger charge is 2.11. The van der Waals surface area contributed by atoms with Gasteiger partial charge >= 0.3 is 11.6 Å². The zero-order valence-corrected chi connectivity index (χ0v) is 12.1. The van der Waals surface area contributed by atoms with Crippen molar-refractivity contribution in [2.24, 2.45) is 0 Å². The average molecular weight is 304 g/mol. The smallest absolute Gasteiger partial charge is 0.336 e. The van der Waals surface area contributed by atoms with E-state index >= 15 is 0 Å². The van der Waals surface area contributed by atoms with Crippen molar-refractivity contribution >= 4 is 16.9 Å². The van der Waals surface area contributed by atoms with Gasteiger partial charge in [-0.2, -0.15) is 0 Å². The number of rotatable bonds is 6. The maximum Gasteiger partial charge on any atom is 0.336 e. The van der Waals surface area contributed by atoms with Crippen molar-refractivity contribution in [1.82, 2.24) is 0 Å². The molecule has 0 spiro atoms. The van der Waals surface area contributed by atoms with Crippen molar-refractivity contribution < 1.29 is 23.8 Å². The van der Waals surface area contributed by atoms with Gasteiger partial charge in [-0.3, -0.25) is 4.79 Å². The lowest BCUT2D eigenvalue weighted by atomic mass is 10.2. The fourth-order valence-electron chi connectivity index (χ4n) is 1.71. The monoisotopic (exact) mass is 304 g/mol. The fraction of sp³-hybridized carbons (Fsp3) is 0.250. The van der Waals surface area contributed by atoms with Crippen LogP contribution in [0.5, 0.6) is 5.75 Å². The minimum atomic E-state index is -0.974.